The number of carboxylic acids is 1. The second kappa shape index (κ2) is 12.2. The molecule has 0 aromatic rings. The number of unbranched alkanes of at least 4 members (excludes halogenated alkanes) is 5. The molecule has 0 heterocycles. The molecule has 4 nitrogen and oxygen atoms in total. The molecule has 1 rings (SSSR count). The monoisotopic (exact) mass is 338 g/mol. The zero-order valence-electron chi connectivity index (χ0n) is 15.1. The minimum absolute atomic E-state index is 0.101. The molecule has 0 aliphatic heterocycles. The molecular formula is C20H34O4. The van der Waals surface area contributed by atoms with Crippen molar-refractivity contribution in [1.29, 1.82) is 0 Å². The molecule has 1 saturated carbocycles. The third-order valence-corrected chi connectivity index (χ3v) is 4.99. The van der Waals surface area contributed by atoms with Gasteiger partial charge in [-0.2, -0.15) is 0 Å². The van der Waals surface area contributed by atoms with E-state index in [0.717, 1.165) is 64.2 Å². The summed E-state index contributed by atoms with van der Waals surface area (Å²) in [6.45, 7) is 2.15. The summed E-state index contributed by atoms with van der Waals surface area (Å²) in [6, 6.07) is 0. The molecule has 0 saturated heterocycles. The minimum Gasteiger partial charge on any atom is -0.481 e. The quantitative estimate of drug-likeness (QED) is 0.383. The number of aliphatic hydroxyl groups is 1. The third-order valence-electron chi connectivity index (χ3n) is 4.99. The fraction of sp³-hybridized carbons (Fsp3) is 0.800. The van der Waals surface area contributed by atoms with Crippen LogP contribution in [0.5, 0.6) is 0 Å². The highest BCUT2D eigenvalue weighted by molar-refractivity contribution is 5.83. The number of aliphatic hydroxyl groups excluding tert-OH is 1. The Morgan fingerprint density at radius 2 is 1.96 bits per heavy atom. The van der Waals surface area contributed by atoms with E-state index >= 15 is 0 Å². The van der Waals surface area contributed by atoms with Crippen LogP contribution in [0.15, 0.2) is 12.2 Å². The lowest BCUT2D eigenvalue weighted by atomic mass is 9.89. The lowest BCUT2D eigenvalue weighted by molar-refractivity contribution is -0.137. The summed E-state index contributed by atoms with van der Waals surface area (Å²) < 4.78 is 0. The molecule has 1 aliphatic carbocycles. The van der Waals surface area contributed by atoms with Crippen molar-refractivity contribution in [2.75, 3.05) is 0 Å². The van der Waals surface area contributed by atoms with Crippen molar-refractivity contribution in [1.82, 2.24) is 0 Å². The Morgan fingerprint density at radius 1 is 1.21 bits per heavy atom. The molecule has 0 aromatic carbocycles. The van der Waals surface area contributed by atoms with Crippen molar-refractivity contribution < 1.29 is 19.8 Å². The molecule has 0 bridgehead atoms. The van der Waals surface area contributed by atoms with Crippen molar-refractivity contribution in [2.24, 2.45) is 11.8 Å². The van der Waals surface area contributed by atoms with E-state index in [1.54, 1.807) is 0 Å². The SMILES string of the molecule is CCCCCC(O)C=C[C@@H]1CCC(=O)[C@H]1CCCCCCC(=O)O. The van der Waals surface area contributed by atoms with E-state index in [-0.39, 0.29) is 24.4 Å². The largest absolute Gasteiger partial charge is 0.481 e. The molecule has 0 radical (unpaired) electrons. The van der Waals surface area contributed by atoms with Gasteiger partial charge in [0.15, 0.2) is 0 Å². The maximum Gasteiger partial charge on any atom is 0.303 e. The van der Waals surface area contributed by atoms with Crippen LogP contribution in [0.2, 0.25) is 0 Å². The lowest BCUT2D eigenvalue weighted by Gasteiger charge is -2.15. The summed E-state index contributed by atoms with van der Waals surface area (Å²) in [4.78, 5) is 22.5. The zero-order chi connectivity index (χ0) is 17.8. The Balaban J connectivity index is 2.28. The fourth-order valence-corrected chi connectivity index (χ4v) is 3.50. The van der Waals surface area contributed by atoms with Gasteiger partial charge in [-0.3, -0.25) is 9.59 Å². The number of carboxylic acid groups (broad SMARTS) is 1. The maximum absolute atomic E-state index is 12.1. The number of carbonyl (C=O) groups excluding carboxylic acids is 1. The summed E-state index contributed by atoms with van der Waals surface area (Å²) in [7, 11) is 0. The van der Waals surface area contributed by atoms with Gasteiger partial charge in [-0.15, -0.1) is 0 Å². The molecule has 24 heavy (non-hydrogen) atoms. The lowest BCUT2D eigenvalue weighted by Crippen LogP contribution is -2.14. The Morgan fingerprint density at radius 3 is 2.67 bits per heavy atom. The van der Waals surface area contributed by atoms with E-state index in [1.165, 1.54) is 0 Å². The van der Waals surface area contributed by atoms with Crippen molar-refractivity contribution in [2.45, 2.75) is 90.1 Å². The van der Waals surface area contributed by atoms with Gasteiger partial charge in [-0.05, 0) is 31.6 Å². The highest BCUT2D eigenvalue weighted by Crippen LogP contribution is 2.34. The standard InChI is InChI=1S/C20H34O4/c1-2-3-6-9-17(21)14-12-16-13-15-19(22)18(16)10-7-4-5-8-11-20(23)24/h12,14,16-18,21H,2-11,13,15H2,1H3,(H,23,24)/t16-,17?,18+/m1/s1. The molecule has 0 spiro atoms. The van der Waals surface area contributed by atoms with E-state index in [9.17, 15) is 14.7 Å². The van der Waals surface area contributed by atoms with Crippen LogP contribution in [0.1, 0.15) is 84.0 Å². The molecule has 138 valence electrons. The van der Waals surface area contributed by atoms with Crippen LogP contribution >= 0.6 is 0 Å². The van der Waals surface area contributed by atoms with Gasteiger partial charge < -0.3 is 10.2 Å². The van der Waals surface area contributed by atoms with Crippen LogP contribution in [-0.4, -0.2) is 28.1 Å². The molecule has 1 fully saturated rings. The average molecular weight is 338 g/mol. The predicted molar refractivity (Wildman–Crippen MR) is 95.8 cm³/mol. The fourth-order valence-electron chi connectivity index (χ4n) is 3.50. The van der Waals surface area contributed by atoms with E-state index < -0.39 is 5.97 Å². The highest BCUT2D eigenvalue weighted by atomic mass is 16.4. The first-order valence-corrected chi connectivity index (χ1v) is 9.65. The first-order valence-electron chi connectivity index (χ1n) is 9.65. The van der Waals surface area contributed by atoms with Gasteiger partial charge in [0.1, 0.15) is 5.78 Å². The molecule has 0 amide bonds. The second-order valence-electron chi connectivity index (χ2n) is 7.07. The van der Waals surface area contributed by atoms with Crippen LogP contribution in [0.3, 0.4) is 0 Å². The van der Waals surface area contributed by atoms with Crippen molar-refractivity contribution in [3.05, 3.63) is 12.2 Å². The minimum atomic E-state index is -0.733. The van der Waals surface area contributed by atoms with Crippen molar-refractivity contribution >= 4 is 11.8 Å². The maximum atomic E-state index is 12.1. The first kappa shape index (κ1) is 20.9. The molecule has 2 N–H and O–H groups in total. The number of ketones is 1. The van der Waals surface area contributed by atoms with E-state index in [1.807, 2.05) is 6.08 Å². The van der Waals surface area contributed by atoms with Crippen LogP contribution < -0.4 is 0 Å². The van der Waals surface area contributed by atoms with Crippen molar-refractivity contribution in [3.63, 3.8) is 0 Å². The molecule has 0 aromatic heterocycles. The molecule has 3 atom stereocenters. The van der Waals surface area contributed by atoms with Gasteiger partial charge in [0.2, 0.25) is 0 Å². The topological polar surface area (TPSA) is 74.6 Å². The summed E-state index contributed by atoms with van der Waals surface area (Å²) in [5, 5.41) is 18.6. The van der Waals surface area contributed by atoms with Crippen molar-refractivity contribution in [3.8, 4) is 0 Å². The van der Waals surface area contributed by atoms with E-state index in [2.05, 4.69) is 13.0 Å². The van der Waals surface area contributed by atoms with Crippen LogP contribution in [0, 0.1) is 11.8 Å². The van der Waals surface area contributed by atoms with Gasteiger partial charge in [-0.1, -0.05) is 57.6 Å². The van der Waals surface area contributed by atoms with Crippen LogP contribution in [0.4, 0.5) is 0 Å². The molecule has 4 heteroatoms. The van der Waals surface area contributed by atoms with Gasteiger partial charge in [0.25, 0.3) is 0 Å². The summed E-state index contributed by atoms with van der Waals surface area (Å²) >= 11 is 0. The normalized spacial score (nSPS) is 22.3. The van der Waals surface area contributed by atoms with Gasteiger partial charge >= 0.3 is 5.97 Å². The number of carbonyl (C=O) groups is 2. The smallest absolute Gasteiger partial charge is 0.303 e. The Bertz CT molecular complexity index is 402. The number of hydrogen-bond donors (Lipinski definition) is 2. The van der Waals surface area contributed by atoms with E-state index in [4.69, 9.17) is 5.11 Å². The van der Waals surface area contributed by atoms with Crippen LogP contribution in [0.25, 0.3) is 0 Å². The van der Waals surface area contributed by atoms with Gasteiger partial charge in [0.05, 0.1) is 6.10 Å². The summed E-state index contributed by atoms with van der Waals surface area (Å²) in [5.74, 6) is 0.000218. The molecule has 1 aliphatic rings. The van der Waals surface area contributed by atoms with Gasteiger partial charge in [-0.25, -0.2) is 0 Å². The number of Topliss-reactive ketones (excluding diaryl/α,β-unsaturated/α-hetero) is 1. The van der Waals surface area contributed by atoms with E-state index in [0.29, 0.717) is 12.2 Å². The molecule has 1 unspecified atom stereocenters. The number of rotatable bonds is 13. The Kier molecular flexibility index (Phi) is 10.6. The summed E-state index contributed by atoms with van der Waals surface area (Å²) in [5.41, 5.74) is 0. The number of aliphatic carboxylic acids is 1. The average Bonchev–Trinajstić information content (AvgIpc) is 2.89. The van der Waals surface area contributed by atoms with Gasteiger partial charge in [0, 0.05) is 18.8 Å². The summed E-state index contributed by atoms with van der Waals surface area (Å²) in [6.07, 6.45) is 14.0. The molecular weight excluding hydrogens is 304 g/mol. The van der Waals surface area contributed by atoms with Crippen LogP contribution in [-0.2, 0) is 9.59 Å². The Hall–Kier alpha value is -1.16. The number of allylic oxidation sites excluding steroid dienone is 1. The first-order chi connectivity index (χ1) is 11.5. The second-order valence-corrected chi connectivity index (χ2v) is 7.07. The third kappa shape index (κ3) is 8.62. The Labute approximate surface area is 146 Å². The zero-order valence-corrected chi connectivity index (χ0v) is 15.1. The highest BCUT2D eigenvalue weighted by Gasteiger charge is 2.32. The predicted octanol–water partition coefficient (Wildman–Crippen LogP) is 4.50. The number of hydrogen-bond acceptors (Lipinski definition) is 3.